The molecule has 0 bridgehead atoms. The van der Waals surface area contributed by atoms with Crippen LogP contribution < -0.4 is 11.4 Å². The van der Waals surface area contributed by atoms with Gasteiger partial charge in [0.05, 0.1) is 0 Å². The maximum atomic E-state index is 6.38. The molecule has 37 heavy (non-hydrogen) atoms. The van der Waals surface area contributed by atoms with Crippen molar-refractivity contribution >= 4 is 15.1 Å². The molecule has 0 fully saturated rings. The molecule has 0 aliphatic carbocycles. The van der Waals surface area contributed by atoms with Crippen LogP contribution in [0.3, 0.4) is 0 Å². The van der Waals surface area contributed by atoms with Crippen molar-refractivity contribution < 1.29 is 11.4 Å². The van der Waals surface area contributed by atoms with Gasteiger partial charge in [0.2, 0.25) is 0 Å². The Morgan fingerprint density at radius 1 is 0.459 bits per heavy atom. The van der Waals surface area contributed by atoms with Gasteiger partial charge in [-0.25, -0.2) is 29.0 Å². The second-order valence-corrected chi connectivity index (χ2v) is 8.75. The molecular formula is C24H18AlN9O3. The third-order valence-electron chi connectivity index (χ3n) is 5.09. The Kier molecular flexibility index (Phi) is 6.27. The summed E-state index contributed by atoms with van der Waals surface area (Å²) in [5.74, 6) is 2.81. The standard InChI is InChI=1S/3C8H7N3O.Al/c3*12-7-3-1-4-9-8(7)11-6-2-5-10-11;/h3*1-6,12H;/q;;;+3/p-3. The van der Waals surface area contributed by atoms with E-state index in [2.05, 4.69) is 30.2 Å². The first-order valence-electron chi connectivity index (χ1n) is 11.2. The van der Waals surface area contributed by atoms with Crippen molar-refractivity contribution in [3.8, 4) is 34.7 Å². The second-order valence-electron chi connectivity index (χ2n) is 7.47. The summed E-state index contributed by atoms with van der Waals surface area (Å²) in [6, 6.07) is 16.1. The predicted molar refractivity (Wildman–Crippen MR) is 132 cm³/mol. The molecule has 0 aliphatic rings. The molecule has 0 saturated heterocycles. The molecule has 0 radical (unpaired) electrons. The third kappa shape index (κ3) is 4.90. The number of pyridine rings is 3. The minimum atomic E-state index is -3.05. The van der Waals surface area contributed by atoms with Crippen molar-refractivity contribution in [3.05, 3.63) is 110 Å². The lowest BCUT2D eigenvalue weighted by atomic mass is 10.4. The van der Waals surface area contributed by atoms with Crippen LogP contribution >= 0.6 is 0 Å². The number of aromatic nitrogens is 9. The van der Waals surface area contributed by atoms with E-state index < -0.39 is 15.1 Å². The van der Waals surface area contributed by atoms with Crippen LogP contribution in [0.4, 0.5) is 0 Å². The van der Waals surface area contributed by atoms with E-state index in [1.807, 2.05) is 0 Å². The highest BCUT2D eigenvalue weighted by atomic mass is 27.3. The molecule has 6 rings (SSSR count). The molecule has 0 amide bonds. The van der Waals surface area contributed by atoms with E-state index in [0.717, 1.165) is 0 Å². The Hall–Kier alpha value is -4.99. The Balaban J connectivity index is 1.38. The van der Waals surface area contributed by atoms with E-state index in [9.17, 15) is 0 Å². The number of hydrogen-bond donors (Lipinski definition) is 0. The van der Waals surface area contributed by atoms with Gasteiger partial charge < -0.3 is 11.4 Å². The molecule has 6 heterocycles. The summed E-state index contributed by atoms with van der Waals surface area (Å²) >= 11 is -3.05. The SMILES string of the molecule is c1cnc(-n2cccn2)c([O][Al]([O]c2cccnc2-n2cccn2)[O]c2cccnc2-n2cccn2)c1. The highest BCUT2D eigenvalue weighted by Gasteiger charge is 2.46. The van der Waals surface area contributed by atoms with Gasteiger partial charge in [-0.3, -0.25) is 0 Å². The fraction of sp³-hybridized carbons (Fsp3) is 0. The van der Waals surface area contributed by atoms with Gasteiger partial charge >= 0.3 is 15.1 Å². The monoisotopic (exact) mass is 507 g/mol. The average molecular weight is 507 g/mol. The van der Waals surface area contributed by atoms with E-state index in [4.69, 9.17) is 11.4 Å². The van der Waals surface area contributed by atoms with Gasteiger partial charge in [-0.2, -0.15) is 15.3 Å². The smallest absolute Gasteiger partial charge is 0.575 e. The summed E-state index contributed by atoms with van der Waals surface area (Å²) in [6.07, 6.45) is 15.3. The van der Waals surface area contributed by atoms with Crippen molar-refractivity contribution in [2.45, 2.75) is 0 Å². The molecule has 0 N–H and O–H groups in total. The highest BCUT2D eigenvalue weighted by molar-refractivity contribution is 6.39. The molecule has 6 aromatic heterocycles. The highest BCUT2D eigenvalue weighted by Crippen LogP contribution is 2.26. The molecule has 0 atom stereocenters. The van der Waals surface area contributed by atoms with E-state index in [1.165, 1.54) is 0 Å². The van der Waals surface area contributed by atoms with Crippen molar-refractivity contribution in [3.63, 3.8) is 0 Å². The normalized spacial score (nSPS) is 10.7. The molecular weight excluding hydrogens is 489 g/mol. The van der Waals surface area contributed by atoms with Gasteiger partial charge in [0.15, 0.2) is 17.5 Å². The van der Waals surface area contributed by atoms with Gasteiger partial charge in [0, 0.05) is 55.8 Å². The molecule has 13 heteroatoms. The van der Waals surface area contributed by atoms with Crippen molar-refractivity contribution in [1.29, 1.82) is 0 Å². The Labute approximate surface area is 215 Å². The van der Waals surface area contributed by atoms with Crippen molar-refractivity contribution in [2.75, 3.05) is 0 Å². The van der Waals surface area contributed by atoms with Crippen LogP contribution in [0.1, 0.15) is 0 Å². The lowest BCUT2D eigenvalue weighted by Crippen LogP contribution is -2.38. The van der Waals surface area contributed by atoms with E-state index >= 15 is 0 Å². The molecule has 0 aliphatic heterocycles. The van der Waals surface area contributed by atoms with Crippen LogP contribution in [0.5, 0.6) is 17.2 Å². The van der Waals surface area contributed by atoms with Crippen LogP contribution in [0, 0.1) is 0 Å². The van der Waals surface area contributed by atoms with Gasteiger partial charge in [-0.05, 0) is 54.6 Å². The van der Waals surface area contributed by atoms with Crippen LogP contribution in [-0.4, -0.2) is 59.4 Å². The minimum absolute atomic E-state index is 0.442. The minimum Gasteiger partial charge on any atom is -0.575 e. The lowest BCUT2D eigenvalue weighted by Gasteiger charge is -2.19. The fourth-order valence-electron chi connectivity index (χ4n) is 3.50. The fourth-order valence-corrected chi connectivity index (χ4v) is 4.82. The predicted octanol–water partition coefficient (Wildman–Crippen LogP) is 2.95. The maximum absolute atomic E-state index is 6.38. The quantitative estimate of drug-likeness (QED) is 0.272. The van der Waals surface area contributed by atoms with E-state index in [-0.39, 0.29) is 0 Å². The number of nitrogens with zero attached hydrogens (tertiary/aromatic N) is 9. The third-order valence-corrected chi connectivity index (χ3v) is 6.43. The topological polar surface area (TPSA) is 120 Å². The summed E-state index contributed by atoms with van der Waals surface area (Å²) < 4.78 is 24.0. The van der Waals surface area contributed by atoms with Crippen LogP contribution in [-0.2, 0) is 0 Å². The molecule has 0 aromatic carbocycles. The molecule has 0 saturated carbocycles. The zero-order chi connectivity index (χ0) is 24.9. The average Bonchev–Trinajstić information content (AvgIpc) is 3.74. The first-order valence-corrected chi connectivity index (χ1v) is 12.6. The Bertz CT molecular complexity index is 1390. The lowest BCUT2D eigenvalue weighted by molar-refractivity contribution is 0.303. The molecule has 6 aromatic rings. The second kappa shape index (κ2) is 10.3. The Morgan fingerprint density at radius 3 is 1.11 bits per heavy atom. The van der Waals surface area contributed by atoms with Crippen molar-refractivity contribution in [2.24, 2.45) is 0 Å². The van der Waals surface area contributed by atoms with Gasteiger partial charge in [0.25, 0.3) is 0 Å². The number of rotatable bonds is 9. The Morgan fingerprint density at radius 2 is 0.811 bits per heavy atom. The van der Waals surface area contributed by atoms with Gasteiger partial charge in [-0.15, -0.1) is 0 Å². The van der Waals surface area contributed by atoms with Gasteiger partial charge in [-0.1, -0.05) is 0 Å². The zero-order valence-corrected chi connectivity index (χ0v) is 20.4. The summed E-state index contributed by atoms with van der Waals surface area (Å²) in [7, 11) is 0. The number of hydrogen-bond acceptors (Lipinski definition) is 9. The first kappa shape index (κ1) is 22.5. The summed E-state index contributed by atoms with van der Waals surface area (Å²) in [6.45, 7) is 0. The van der Waals surface area contributed by atoms with E-state index in [1.54, 1.807) is 124 Å². The summed E-state index contributed by atoms with van der Waals surface area (Å²) in [5.41, 5.74) is 0. The first-order chi connectivity index (χ1) is 18.3. The molecule has 12 nitrogen and oxygen atoms in total. The molecule has 0 unspecified atom stereocenters. The molecule has 0 spiro atoms. The van der Waals surface area contributed by atoms with Crippen LogP contribution in [0.2, 0.25) is 0 Å². The van der Waals surface area contributed by atoms with Crippen LogP contribution in [0.25, 0.3) is 17.5 Å². The van der Waals surface area contributed by atoms with E-state index in [0.29, 0.717) is 34.7 Å². The largest absolute Gasteiger partial charge is 1.20 e. The van der Waals surface area contributed by atoms with Crippen LogP contribution in [0.15, 0.2) is 110 Å². The van der Waals surface area contributed by atoms with Crippen molar-refractivity contribution in [1.82, 2.24) is 44.3 Å². The zero-order valence-electron chi connectivity index (χ0n) is 19.2. The molecule has 180 valence electrons. The maximum Gasteiger partial charge on any atom is 1.20 e. The summed E-state index contributed by atoms with van der Waals surface area (Å²) in [4.78, 5) is 13.3. The summed E-state index contributed by atoms with van der Waals surface area (Å²) in [5, 5.41) is 12.8. The van der Waals surface area contributed by atoms with Gasteiger partial charge in [0.1, 0.15) is 17.2 Å².